The van der Waals surface area contributed by atoms with E-state index in [1.165, 1.54) is 63.5 Å². The Morgan fingerprint density at radius 1 is 1.27 bits per heavy atom. The number of rotatable bonds is 3. The summed E-state index contributed by atoms with van der Waals surface area (Å²) < 4.78 is 0. The monoisotopic (exact) mass is 273 g/mol. The molecule has 1 heterocycles. The quantitative estimate of drug-likeness (QED) is 0.710. The molecular formula is C13H24BrN. The number of alkyl halides is 1. The van der Waals surface area contributed by atoms with Gasteiger partial charge in [0.15, 0.2) is 0 Å². The molecule has 0 amide bonds. The molecule has 88 valence electrons. The largest absolute Gasteiger partial charge is 0.302 e. The molecule has 2 aliphatic rings. The van der Waals surface area contributed by atoms with Gasteiger partial charge in [-0.05, 0) is 37.1 Å². The lowest BCUT2D eigenvalue weighted by Crippen LogP contribution is -2.39. The van der Waals surface area contributed by atoms with Crippen LogP contribution in [0.15, 0.2) is 0 Å². The van der Waals surface area contributed by atoms with Crippen molar-refractivity contribution in [3.05, 3.63) is 0 Å². The van der Waals surface area contributed by atoms with Crippen LogP contribution in [0.2, 0.25) is 0 Å². The Bertz CT molecular complexity index is 199. The van der Waals surface area contributed by atoms with Crippen LogP contribution in [-0.4, -0.2) is 29.9 Å². The highest BCUT2D eigenvalue weighted by atomic mass is 79.9. The number of hydrogen-bond donors (Lipinski definition) is 0. The highest BCUT2D eigenvalue weighted by Crippen LogP contribution is 2.39. The molecule has 0 spiro atoms. The molecule has 0 bridgehead atoms. The van der Waals surface area contributed by atoms with Crippen molar-refractivity contribution in [2.75, 3.05) is 25.0 Å². The summed E-state index contributed by atoms with van der Waals surface area (Å²) >= 11 is 3.76. The third-order valence-electron chi connectivity index (χ3n) is 4.26. The second-order valence-electron chi connectivity index (χ2n) is 5.82. The van der Waals surface area contributed by atoms with Crippen LogP contribution in [-0.2, 0) is 0 Å². The van der Waals surface area contributed by atoms with E-state index in [-0.39, 0.29) is 0 Å². The summed E-state index contributed by atoms with van der Waals surface area (Å²) in [6.45, 7) is 6.43. The molecule has 0 radical (unpaired) electrons. The molecule has 0 aromatic carbocycles. The van der Waals surface area contributed by atoms with Crippen molar-refractivity contribution < 1.29 is 0 Å². The van der Waals surface area contributed by atoms with Gasteiger partial charge in [0.1, 0.15) is 0 Å². The van der Waals surface area contributed by atoms with Crippen LogP contribution >= 0.6 is 15.9 Å². The predicted octanol–water partition coefficient (Wildman–Crippen LogP) is 3.67. The second-order valence-corrected chi connectivity index (χ2v) is 6.38. The van der Waals surface area contributed by atoms with Gasteiger partial charge in [-0.1, -0.05) is 42.1 Å². The Hall–Kier alpha value is 0.440. The zero-order valence-electron chi connectivity index (χ0n) is 9.97. The maximum atomic E-state index is 3.76. The van der Waals surface area contributed by atoms with Crippen molar-refractivity contribution in [1.82, 2.24) is 4.90 Å². The lowest BCUT2D eigenvalue weighted by atomic mass is 9.75. The first-order valence-electron chi connectivity index (χ1n) is 6.52. The Morgan fingerprint density at radius 3 is 2.53 bits per heavy atom. The van der Waals surface area contributed by atoms with Gasteiger partial charge in [-0.2, -0.15) is 0 Å². The standard InChI is InChI=1S/C13H24BrN/c1-12-5-8-15(9-12)11-13(10-14)6-3-2-4-7-13/h12H,2-11H2,1H3. The van der Waals surface area contributed by atoms with Crippen molar-refractivity contribution in [3.8, 4) is 0 Å². The van der Waals surface area contributed by atoms with Gasteiger partial charge >= 0.3 is 0 Å². The van der Waals surface area contributed by atoms with Gasteiger partial charge in [0.2, 0.25) is 0 Å². The van der Waals surface area contributed by atoms with E-state index in [0.717, 1.165) is 5.92 Å². The van der Waals surface area contributed by atoms with E-state index >= 15 is 0 Å². The number of halogens is 1. The fraction of sp³-hybridized carbons (Fsp3) is 1.00. The van der Waals surface area contributed by atoms with Crippen LogP contribution < -0.4 is 0 Å². The van der Waals surface area contributed by atoms with E-state index in [4.69, 9.17) is 0 Å². The topological polar surface area (TPSA) is 3.24 Å². The molecule has 2 heteroatoms. The summed E-state index contributed by atoms with van der Waals surface area (Å²) in [5.41, 5.74) is 0.613. The molecule has 0 aromatic rings. The molecule has 1 aliphatic carbocycles. The smallest absolute Gasteiger partial charge is 0.0100 e. The van der Waals surface area contributed by atoms with E-state index in [0.29, 0.717) is 5.41 Å². The Balaban J connectivity index is 1.89. The van der Waals surface area contributed by atoms with Crippen LogP contribution in [0.4, 0.5) is 0 Å². The predicted molar refractivity (Wildman–Crippen MR) is 69.5 cm³/mol. The summed E-state index contributed by atoms with van der Waals surface area (Å²) in [6.07, 6.45) is 8.68. The Kier molecular flexibility index (Phi) is 4.11. The van der Waals surface area contributed by atoms with Crippen molar-refractivity contribution >= 4 is 15.9 Å². The Morgan fingerprint density at radius 2 is 2.00 bits per heavy atom. The van der Waals surface area contributed by atoms with E-state index in [9.17, 15) is 0 Å². The Labute approximate surface area is 103 Å². The van der Waals surface area contributed by atoms with Crippen molar-refractivity contribution in [2.24, 2.45) is 11.3 Å². The molecule has 15 heavy (non-hydrogen) atoms. The number of hydrogen-bond acceptors (Lipinski definition) is 1. The summed E-state index contributed by atoms with van der Waals surface area (Å²) in [4.78, 5) is 2.71. The highest BCUT2D eigenvalue weighted by molar-refractivity contribution is 9.09. The molecule has 1 atom stereocenters. The zero-order valence-corrected chi connectivity index (χ0v) is 11.6. The van der Waals surface area contributed by atoms with Crippen LogP contribution in [0.5, 0.6) is 0 Å². The molecular weight excluding hydrogens is 250 g/mol. The lowest BCUT2D eigenvalue weighted by Gasteiger charge is -2.39. The van der Waals surface area contributed by atoms with Gasteiger partial charge in [0.05, 0.1) is 0 Å². The number of nitrogens with zero attached hydrogens (tertiary/aromatic N) is 1. The van der Waals surface area contributed by atoms with E-state index in [1.807, 2.05) is 0 Å². The van der Waals surface area contributed by atoms with Gasteiger partial charge in [0, 0.05) is 18.4 Å². The van der Waals surface area contributed by atoms with Gasteiger partial charge in [-0.25, -0.2) is 0 Å². The van der Waals surface area contributed by atoms with Crippen LogP contribution in [0.3, 0.4) is 0 Å². The maximum Gasteiger partial charge on any atom is 0.0100 e. The summed E-state index contributed by atoms with van der Waals surface area (Å²) in [5, 5.41) is 1.21. The van der Waals surface area contributed by atoms with E-state index in [1.54, 1.807) is 0 Å². The first-order chi connectivity index (χ1) is 7.24. The summed E-state index contributed by atoms with van der Waals surface area (Å²) in [6, 6.07) is 0. The molecule has 1 unspecified atom stereocenters. The van der Waals surface area contributed by atoms with E-state index < -0.39 is 0 Å². The van der Waals surface area contributed by atoms with Crippen molar-refractivity contribution in [2.45, 2.75) is 45.4 Å². The van der Waals surface area contributed by atoms with Crippen LogP contribution in [0, 0.1) is 11.3 Å². The minimum atomic E-state index is 0.613. The van der Waals surface area contributed by atoms with Gasteiger partial charge in [0.25, 0.3) is 0 Å². The fourth-order valence-electron chi connectivity index (χ4n) is 3.28. The molecule has 1 saturated carbocycles. The second kappa shape index (κ2) is 5.18. The third kappa shape index (κ3) is 2.97. The van der Waals surface area contributed by atoms with Crippen LogP contribution in [0.25, 0.3) is 0 Å². The minimum Gasteiger partial charge on any atom is -0.302 e. The number of likely N-dealkylation sites (tertiary alicyclic amines) is 1. The molecule has 2 rings (SSSR count). The van der Waals surface area contributed by atoms with E-state index in [2.05, 4.69) is 27.8 Å². The fourth-order valence-corrected chi connectivity index (χ4v) is 4.02. The minimum absolute atomic E-state index is 0.613. The SMILES string of the molecule is CC1CCN(CC2(CBr)CCCCC2)C1. The molecule has 1 saturated heterocycles. The normalized spacial score (nSPS) is 32.0. The third-order valence-corrected chi connectivity index (χ3v) is 5.45. The van der Waals surface area contributed by atoms with Crippen molar-refractivity contribution in [3.63, 3.8) is 0 Å². The average Bonchev–Trinajstić information content (AvgIpc) is 2.65. The summed E-state index contributed by atoms with van der Waals surface area (Å²) in [5.74, 6) is 0.931. The van der Waals surface area contributed by atoms with Crippen LogP contribution in [0.1, 0.15) is 45.4 Å². The maximum absolute atomic E-state index is 3.76. The molecule has 1 aliphatic heterocycles. The van der Waals surface area contributed by atoms with Gasteiger partial charge in [-0.15, -0.1) is 0 Å². The highest BCUT2D eigenvalue weighted by Gasteiger charge is 2.34. The van der Waals surface area contributed by atoms with Gasteiger partial charge < -0.3 is 4.90 Å². The van der Waals surface area contributed by atoms with Gasteiger partial charge in [-0.3, -0.25) is 0 Å². The van der Waals surface area contributed by atoms with Crippen molar-refractivity contribution in [1.29, 1.82) is 0 Å². The summed E-state index contributed by atoms with van der Waals surface area (Å²) in [7, 11) is 0. The lowest BCUT2D eigenvalue weighted by molar-refractivity contribution is 0.142. The molecule has 0 N–H and O–H groups in total. The molecule has 2 fully saturated rings. The first kappa shape index (κ1) is 11.9. The zero-order chi connectivity index (χ0) is 10.7. The molecule has 0 aromatic heterocycles. The molecule has 1 nitrogen and oxygen atoms in total. The average molecular weight is 274 g/mol. The first-order valence-corrected chi connectivity index (χ1v) is 7.65.